The van der Waals surface area contributed by atoms with Crippen molar-refractivity contribution in [2.75, 3.05) is 13.6 Å². The number of nitrogens with zero attached hydrogens (tertiary/aromatic N) is 1. The first-order valence-corrected chi connectivity index (χ1v) is 6.97. The van der Waals surface area contributed by atoms with E-state index in [-0.39, 0.29) is 5.91 Å². The molecule has 2 rings (SSSR count). The highest BCUT2D eigenvalue weighted by atomic mass is 16.3. The van der Waals surface area contributed by atoms with Crippen LogP contribution < -0.4 is 0 Å². The number of carbonyl (C=O) groups is 1. The molecule has 0 spiro atoms. The van der Waals surface area contributed by atoms with E-state index in [1.807, 2.05) is 19.2 Å². The monoisotopic (exact) mass is 271 g/mol. The largest absolute Gasteiger partial charge is 0.469 e. The number of hydrogen-bond donors (Lipinski definition) is 0. The lowest BCUT2D eigenvalue weighted by Crippen LogP contribution is -2.28. The molecule has 106 valence electrons. The molecule has 1 aromatic heterocycles. The molecule has 0 aliphatic heterocycles. The van der Waals surface area contributed by atoms with Crippen molar-refractivity contribution in [3.05, 3.63) is 59.5 Å². The Labute approximate surface area is 120 Å². The summed E-state index contributed by atoms with van der Waals surface area (Å²) in [6.07, 6.45) is 3.77. The summed E-state index contributed by atoms with van der Waals surface area (Å²) in [6.45, 7) is 2.76. The zero-order chi connectivity index (χ0) is 14.4. The van der Waals surface area contributed by atoms with Crippen LogP contribution in [0.1, 0.15) is 23.3 Å². The molecule has 3 nitrogen and oxygen atoms in total. The van der Waals surface area contributed by atoms with Crippen LogP contribution in [0, 0.1) is 6.92 Å². The van der Waals surface area contributed by atoms with E-state index in [9.17, 15) is 4.79 Å². The van der Waals surface area contributed by atoms with E-state index in [1.165, 1.54) is 11.1 Å². The van der Waals surface area contributed by atoms with Crippen LogP contribution >= 0.6 is 0 Å². The molecule has 0 unspecified atom stereocenters. The molecule has 0 saturated heterocycles. The molecule has 0 aliphatic rings. The van der Waals surface area contributed by atoms with Gasteiger partial charge in [0.15, 0.2) is 0 Å². The Morgan fingerprint density at radius 3 is 2.55 bits per heavy atom. The van der Waals surface area contributed by atoms with Gasteiger partial charge in [-0.15, -0.1) is 0 Å². The Balaban J connectivity index is 1.74. The molecule has 3 heteroatoms. The molecule has 0 fully saturated rings. The highest BCUT2D eigenvalue weighted by Crippen LogP contribution is 2.08. The lowest BCUT2D eigenvalue weighted by atomic mass is 10.1. The topological polar surface area (TPSA) is 33.5 Å². The van der Waals surface area contributed by atoms with Crippen LogP contribution in [0.4, 0.5) is 0 Å². The van der Waals surface area contributed by atoms with Gasteiger partial charge in [-0.3, -0.25) is 4.79 Å². The molecular formula is C17H21NO2. The Hall–Kier alpha value is -2.03. The van der Waals surface area contributed by atoms with Crippen molar-refractivity contribution in [2.45, 2.75) is 26.2 Å². The number of benzene rings is 1. The van der Waals surface area contributed by atoms with E-state index in [0.29, 0.717) is 13.0 Å². The fourth-order valence-corrected chi connectivity index (χ4v) is 2.05. The van der Waals surface area contributed by atoms with Gasteiger partial charge in [0.05, 0.1) is 6.26 Å². The third-order valence-corrected chi connectivity index (χ3v) is 3.45. The van der Waals surface area contributed by atoms with Crippen LogP contribution in [-0.4, -0.2) is 24.4 Å². The molecule has 0 atom stereocenters. The Kier molecular flexibility index (Phi) is 4.99. The lowest BCUT2D eigenvalue weighted by Gasteiger charge is -2.16. The van der Waals surface area contributed by atoms with Gasteiger partial charge in [-0.05, 0) is 31.0 Å². The number of furan rings is 1. The van der Waals surface area contributed by atoms with Gasteiger partial charge >= 0.3 is 0 Å². The second-order valence-corrected chi connectivity index (χ2v) is 5.13. The van der Waals surface area contributed by atoms with Crippen molar-refractivity contribution < 1.29 is 9.21 Å². The predicted octanol–water partition coefficient (Wildman–Crippen LogP) is 3.22. The molecule has 1 amide bonds. The fraction of sp³-hybridized carbons (Fsp3) is 0.353. The first-order valence-electron chi connectivity index (χ1n) is 6.97. The Morgan fingerprint density at radius 1 is 1.15 bits per heavy atom. The summed E-state index contributed by atoms with van der Waals surface area (Å²) in [5, 5.41) is 0. The maximum absolute atomic E-state index is 12.0. The van der Waals surface area contributed by atoms with Crippen molar-refractivity contribution in [2.24, 2.45) is 0 Å². The van der Waals surface area contributed by atoms with E-state index in [2.05, 4.69) is 31.2 Å². The summed E-state index contributed by atoms with van der Waals surface area (Å²) in [4.78, 5) is 13.8. The van der Waals surface area contributed by atoms with Crippen LogP contribution in [0.5, 0.6) is 0 Å². The number of aryl methyl sites for hydroxylation is 2. The summed E-state index contributed by atoms with van der Waals surface area (Å²) in [5.74, 6) is 1.10. The number of amides is 1. The molecule has 2 aromatic rings. The SMILES string of the molecule is Cc1ccc(CCC(=O)N(C)CCc2ccco2)cc1. The summed E-state index contributed by atoms with van der Waals surface area (Å²) >= 11 is 0. The summed E-state index contributed by atoms with van der Waals surface area (Å²) in [7, 11) is 1.85. The third kappa shape index (κ3) is 4.26. The molecular weight excluding hydrogens is 250 g/mol. The zero-order valence-corrected chi connectivity index (χ0v) is 12.1. The molecule has 1 aromatic carbocycles. The number of likely N-dealkylation sites (N-methyl/N-ethyl adjacent to an activating group) is 1. The highest BCUT2D eigenvalue weighted by molar-refractivity contribution is 5.76. The third-order valence-electron chi connectivity index (χ3n) is 3.45. The highest BCUT2D eigenvalue weighted by Gasteiger charge is 2.09. The molecule has 0 bridgehead atoms. The van der Waals surface area contributed by atoms with Gasteiger partial charge in [0, 0.05) is 26.4 Å². The average molecular weight is 271 g/mol. The second-order valence-electron chi connectivity index (χ2n) is 5.13. The maximum atomic E-state index is 12.0. The van der Waals surface area contributed by atoms with Crippen LogP contribution in [0.3, 0.4) is 0 Å². The first-order chi connectivity index (χ1) is 9.65. The molecule has 0 N–H and O–H groups in total. The smallest absolute Gasteiger partial charge is 0.222 e. The molecule has 0 aliphatic carbocycles. The minimum absolute atomic E-state index is 0.178. The van der Waals surface area contributed by atoms with E-state index in [0.717, 1.165) is 18.6 Å². The average Bonchev–Trinajstić information content (AvgIpc) is 2.97. The molecule has 1 heterocycles. The molecule has 0 saturated carbocycles. The van der Waals surface area contributed by atoms with Crippen molar-refractivity contribution in [1.82, 2.24) is 4.90 Å². The predicted molar refractivity (Wildman–Crippen MR) is 79.5 cm³/mol. The van der Waals surface area contributed by atoms with Crippen LogP contribution in [0.25, 0.3) is 0 Å². The van der Waals surface area contributed by atoms with Gasteiger partial charge in [-0.1, -0.05) is 29.8 Å². The van der Waals surface area contributed by atoms with Gasteiger partial charge in [0.25, 0.3) is 0 Å². The van der Waals surface area contributed by atoms with Crippen molar-refractivity contribution in [3.63, 3.8) is 0 Å². The number of carbonyl (C=O) groups excluding carboxylic acids is 1. The van der Waals surface area contributed by atoms with Gasteiger partial charge in [-0.25, -0.2) is 0 Å². The minimum atomic E-state index is 0.178. The van der Waals surface area contributed by atoms with Crippen molar-refractivity contribution in [3.8, 4) is 0 Å². The first kappa shape index (κ1) is 14.4. The quantitative estimate of drug-likeness (QED) is 0.808. The molecule has 0 radical (unpaired) electrons. The second kappa shape index (κ2) is 6.94. The van der Waals surface area contributed by atoms with E-state index in [4.69, 9.17) is 4.42 Å². The van der Waals surface area contributed by atoms with Gasteiger partial charge in [0.1, 0.15) is 5.76 Å². The van der Waals surface area contributed by atoms with Crippen molar-refractivity contribution in [1.29, 1.82) is 0 Å². The van der Waals surface area contributed by atoms with E-state index >= 15 is 0 Å². The van der Waals surface area contributed by atoms with Crippen LogP contribution in [0.15, 0.2) is 47.1 Å². The van der Waals surface area contributed by atoms with Crippen LogP contribution in [-0.2, 0) is 17.6 Å². The zero-order valence-electron chi connectivity index (χ0n) is 12.1. The lowest BCUT2D eigenvalue weighted by molar-refractivity contribution is -0.129. The van der Waals surface area contributed by atoms with E-state index in [1.54, 1.807) is 11.2 Å². The fourth-order valence-electron chi connectivity index (χ4n) is 2.05. The number of hydrogen-bond acceptors (Lipinski definition) is 2. The van der Waals surface area contributed by atoms with Gasteiger partial charge in [-0.2, -0.15) is 0 Å². The summed E-state index contributed by atoms with van der Waals surface area (Å²) < 4.78 is 5.27. The molecule has 20 heavy (non-hydrogen) atoms. The van der Waals surface area contributed by atoms with Crippen molar-refractivity contribution >= 4 is 5.91 Å². The normalized spacial score (nSPS) is 10.5. The minimum Gasteiger partial charge on any atom is -0.469 e. The summed E-state index contributed by atoms with van der Waals surface area (Å²) in [5.41, 5.74) is 2.46. The summed E-state index contributed by atoms with van der Waals surface area (Å²) in [6, 6.07) is 12.1. The van der Waals surface area contributed by atoms with Gasteiger partial charge in [0.2, 0.25) is 5.91 Å². The Bertz CT molecular complexity index is 529. The van der Waals surface area contributed by atoms with Gasteiger partial charge < -0.3 is 9.32 Å². The Morgan fingerprint density at radius 2 is 1.90 bits per heavy atom. The maximum Gasteiger partial charge on any atom is 0.222 e. The number of rotatable bonds is 6. The van der Waals surface area contributed by atoms with Crippen LogP contribution in [0.2, 0.25) is 0 Å². The van der Waals surface area contributed by atoms with E-state index < -0.39 is 0 Å². The standard InChI is InChI=1S/C17H21NO2/c1-14-5-7-15(8-6-14)9-10-17(19)18(2)12-11-16-4-3-13-20-16/h3-8,13H,9-12H2,1-2H3.